The molecule has 1 amide bonds. The number of rotatable bonds is 4. The number of benzene rings is 1. The lowest BCUT2D eigenvalue weighted by atomic mass is 9.57. The van der Waals surface area contributed by atoms with Crippen molar-refractivity contribution in [3.63, 3.8) is 0 Å². The fourth-order valence-corrected chi connectivity index (χ4v) is 6.49. The number of carbonyl (C=O) groups excluding carboxylic acids is 2. The maximum Gasteiger partial charge on any atom is 0.228 e. The van der Waals surface area contributed by atoms with Crippen molar-refractivity contribution in [3.8, 4) is 0 Å². The van der Waals surface area contributed by atoms with Crippen LogP contribution in [0.3, 0.4) is 0 Å². The lowest BCUT2D eigenvalue weighted by Crippen LogP contribution is -2.38. The molecule has 0 aromatic heterocycles. The molecule has 4 unspecified atom stereocenters. The molecule has 27 heavy (non-hydrogen) atoms. The predicted octanol–water partition coefficient (Wildman–Crippen LogP) is 5.34. The van der Waals surface area contributed by atoms with E-state index < -0.39 is 0 Å². The second kappa shape index (κ2) is 7.41. The summed E-state index contributed by atoms with van der Waals surface area (Å²) in [5, 5.41) is 3.04. The summed E-state index contributed by atoms with van der Waals surface area (Å²) >= 11 is 0. The van der Waals surface area contributed by atoms with Crippen molar-refractivity contribution in [1.82, 2.24) is 0 Å². The van der Waals surface area contributed by atoms with Crippen molar-refractivity contribution in [2.24, 2.45) is 29.6 Å². The van der Waals surface area contributed by atoms with Gasteiger partial charge in [-0.15, -0.1) is 0 Å². The van der Waals surface area contributed by atoms with Gasteiger partial charge in [-0.05, 0) is 85.8 Å². The fraction of sp³-hybridized carbons (Fsp3) is 0.667. The number of amides is 1. The summed E-state index contributed by atoms with van der Waals surface area (Å²) in [5.41, 5.74) is 2.54. The first-order valence-corrected chi connectivity index (χ1v) is 10.8. The van der Waals surface area contributed by atoms with Gasteiger partial charge in [0.25, 0.3) is 0 Å². The molecule has 1 N–H and O–H groups in total. The molecule has 1 aromatic carbocycles. The van der Waals surface area contributed by atoms with Gasteiger partial charge in [0, 0.05) is 17.5 Å². The van der Waals surface area contributed by atoms with Gasteiger partial charge in [0.15, 0.2) is 0 Å². The predicted molar refractivity (Wildman–Crippen MR) is 109 cm³/mol. The van der Waals surface area contributed by atoms with E-state index in [1.54, 1.807) is 0 Å². The smallest absolute Gasteiger partial charge is 0.228 e. The highest BCUT2D eigenvalue weighted by atomic mass is 16.2. The van der Waals surface area contributed by atoms with E-state index in [2.05, 4.69) is 43.4 Å². The van der Waals surface area contributed by atoms with Crippen LogP contribution in [0.15, 0.2) is 24.3 Å². The molecule has 1 aromatic rings. The van der Waals surface area contributed by atoms with Crippen molar-refractivity contribution in [1.29, 1.82) is 0 Å². The minimum absolute atomic E-state index is 0.00440. The molecule has 4 rings (SSSR count). The van der Waals surface area contributed by atoms with Crippen LogP contribution < -0.4 is 5.32 Å². The van der Waals surface area contributed by atoms with Crippen LogP contribution in [-0.2, 0) is 15.0 Å². The van der Waals surface area contributed by atoms with E-state index in [-0.39, 0.29) is 23.2 Å². The summed E-state index contributed by atoms with van der Waals surface area (Å²) < 4.78 is 0. The standard InChI is InChI=1S/C24H33NO2/c1-16-10-17-12-18(11-16)14-24(2,13-17)20-6-8-21(9-7-20)25-23(27)22-5-3-4-19(22)15-26/h6-9,15-19,22H,3-5,10-14H2,1-2H3,(H,25,27). The molecule has 3 fully saturated rings. The molecule has 0 radical (unpaired) electrons. The van der Waals surface area contributed by atoms with Crippen LogP contribution in [0, 0.1) is 29.6 Å². The van der Waals surface area contributed by atoms with Crippen LogP contribution in [0.2, 0.25) is 0 Å². The van der Waals surface area contributed by atoms with Gasteiger partial charge in [-0.3, -0.25) is 4.79 Å². The van der Waals surface area contributed by atoms with Gasteiger partial charge in [0.2, 0.25) is 5.91 Å². The third-order valence-corrected chi connectivity index (χ3v) is 7.55. The second-order valence-corrected chi connectivity index (χ2v) is 9.92. The molecule has 3 nitrogen and oxygen atoms in total. The van der Waals surface area contributed by atoms with Gasteiger partial charge < -0.3 is 10.1 Å². The van der Waals surface area contributed by atoms with E-state index in [0.717, 1.165) is 49.0 Å². The molecule has 0 spiro atoms. The van der Waals surface area contributed by atoms with Crippen LogP contribution >= 0.6 is 0 Å². The van der Waals surface area contributed by atoms with E-state index >= 15 is 0 Å². The molecule has 4 atom stereocenters. The minimum Gasteiger partial charge on any atom is -0.326 e. The fourth-order valence-electron chi connectivity index (χ4n) is 6.49. The lowest BCUT2D eigenvalue weighted by Gasteiger charge is -2.47. The topological polar surface area (TPSA) is 46.2 Å². The Bertz CT molecular complexity index is 677. The van der Waals surface area contributed by atoms with Crippen molar-refractivity contribution in [2.45, 2.75) is 70.6 Å². The Labute approximate surface area is 163 Å². The highest BCUT2D eigenvalue weighted by Gasteiger charge is 2.41. The van der Waals surface area contributed by atoms with Gasteiger partial charge >= 0.3 is 0 Å². The van der Waals surface area contributed by atoms with Gasteiger partial charge in [0.05, 0.1) is 0 Å². The molecule has 3 saturated carbocycles. The summed E-state index contributed by atoms with van der Waals surface area (Å²) in [6, 6.07) is 8.53. The first-order chi connectivity index (χ1) is 13.0. The Morgan fingerprint density at radius 1 is 1.07 bits per heavy atom. The normalized spacial score (nSPS) is 38.4. The Morgan fingerprint density at radius 3 is 2.37 bits per heavy atom. The Hall–Kier alpha value is -1.64. The van der Waals surface area contributed by atoms with E-state index in [1.165, 1.54) is 37.7 Å². The van der Waals surface area contributed by atoms with Crippen LogP contribution in [0.25, 0.3) is 0 Å². The van der Waals surface area contributed by atoms with Gasteiger partial charge in [-0.2, -0.15) is 0 Å². The van der Waals surface area contributed by atoms with Gasteiger partial charge in [-0.1, -0.05) is 32.4 Å². The minimum atomic E-state index is -0.153. The molecule has 146 valence electrons. The molecule has 3 aliphatic rings. The van der Waals surface area contributed by atoms with Gasteiger partial charge in [0.1, 0.15) is 6.29 Å². The quantitative estimate of drug-likeness (QED) is 0.730. The van der Waals surface area contributed by atoms with Crippen LogP contribution in [0.4, 0.5) is 5.69 Å². The highest BCUT2D eigenvalue weighted by molar-refractivity contribution is 5.94. The molecular weight excluding hydrogens is 334 g/mol. The number of nitrogens with one attached hydrogen (secondary N) is 1. The monoisotopic (exact) mass is 367 g/mol. The third-order valence-electron chi connectivity index (χ3n) is 7.55. The zero-order valence-electron chi connectivity index (χ0n) is 16.7. The molecule has 2 bridgehead atoms. The maximum absolute atomic E-state index is 12.5. The number of fused-ring (bicyclic) bond motifs is 2. The van der Waals surface area contributed by atoms with E-state index in [9.17, 15) is 9.59 Å². The van der Waals surface area contributed by atoms with E-state index in [1.807, 2.05) is 0 Å². The molecule has 0 heterocycles. The summed E-state index contributed by atoms with van der Waals surface area (Å²) in [6.45, 7) is 4.85. The van der Waals surface area contributed by atoms with Crippen LogP contribution in [0.1, 0.15) is 70.8 Å². The average molecular weight is 368 g/mol. The molecule has 3 aliphatic carbocycles. The van der Waals surface area contributed by atoms with Crippen LogP contribution in [-0.4, -0.2) is 12.2 Å². The molecule has 3 heteroatoms. The first-order valence-electron chi connectivity index (χ1n) is 10.8. The first kappa shape index (κ1) is 18.7. The van der Waals surface area contributed by atoms with Crippen molar-refractivity contribution in [2.75, 3.05) is 5.32 Å². The summed E-state index contributed by atoms with van der Waals surface area (Å²) in [6.07, 6.45) is 10.4. The van der Waals surface area contributed by atoms with Crippen LogP contribution in [0.5, 0.6) is 0 Å². The summed E-state index contributed by atoms with van der Waals surface area (Å²) in [5.74, 6) is 2.39. The maximum atomic E-state index is 12.5. The number of carbonyl (C=O) groups is 2. The van der Waals surface area contributed by atoms with E-state index in [0.29, 0.717) is 0 Å². The van der Waals surface area contributed by atoms with Gasteiger partial charge in [-0.25, -0.2) is 0 Å². The molecule has 0 saturated heterocycles. The molecular formula is C24H33NO2. The largest absolute Gasteiger partial charge is 0.326 e. The third kappa shape index (κ3) is 3.83. The highest BCUT2D eigenvalue weighted by Crippen LogP contribution is 2.51. The second-order valence-electron chi connectivity index (χ2n) is 9.92. The lowest BCUT2D eigenvalue weighted by molar-refractivity contribution is -0.124. The Balaban J connectivity index is 1.43. The zero-order chi connectivity index (χ0) is 19.0. The number of hydrogen-bond donors (Lipinski definition) is 1. The zero-order valence-corrected chi connectivity index (χ0v) is 16.7. The van der Waals surface area contributed by atoms with Crippen molar-refractivity contribution < 1.29 is 9.59 Å². The van der Waals surface area contributed by atoms with Crippen molar-refractivity contribution in [3.05, 3.63) is 29.8 Å². The number of anilines is 1. The summed E-state index contributed by atoms with van der Waals surface area (Å²) in [7, 11) is 0. The SMILES string of the molecule is CC1CC2CC(C1)CC(C)(c1ccc(NC(=O)C3CCCC3C=O)cc1)C2. The number of hydrogen-bond acceptors (Lipinski definition) is 2. The van der Waals surface area contributed by atoms with E-state index in [4.69, 9.17) is 0 Å². The molecule has 0 aliphatic heterocycles. The Kier molecular flexibility index (Phi) is 5.13. The van der Waals surface area contributed by atoms with Crippen molar-refractivity contribution >= 4 is 17.9 Å². The Morgan fingerprint density at radius 2 is 1.74 bits per heavy atom. The summed E-state index contributed by atoms with van der Waals surface area (Å²) in [4.78, 5) is 23.7. The number of aldehydes is 1. The average Bonchev–Trinajstić information content (AvgIpc) is 3.10.